The maximum atomic E-state index is 12.8. The van der Waals surface area contributed by atoms with Crippen molar-refractivity contribution in [2.75, 3.05) is 0 Å². The Hall–Kier alpha value is -1.42. The van der Waals surface area contributed by atoms with E-state index >= 15 is 0 Å². The van der Waals surface area contributed by atoms with E-state index in [4.69, 9.17) is 16.3 Å². The van der Waals surface area contributed by atoms with Crippen molar-refractivity contribution >= 4 is 29.1 Å². The Bertz CT molecular complexity index is 813. The molecule has 4 aliphatic carbocycles. The fourth-order valence-electron chi connectivity index (χ4n) is 7.26. The van der Waals surface area contributed by atoms with Gasteiger partial charge in [0.05, 0.1) is 5.38 Å². The quantitative estimate of drug-likeness (QED) is 0.505. The summed E-state index contributed by atoms with van der Waals surface area (Å²) < 4.78 is 5.79. The van der Waals surface area contributed by atoms with Gasteiger partial charge in [0.15, 0.2) is 17.2 Å². The van der Waals surface area contributed by atoms with Gasteiger partial charge in [-0.1, -0.05) is 19.9 Å². The molecule has 4 rings (SSSR count). The van der Waals surface area contributed by atoms with E-state index < -0.39 is 5.60 Å². The lowest BCUT2D eigenvalue weighted by Crippen LogP contribution is -2.59. The van der Waals surface area contributed by atoms with Gasteiger partial charge in [0.25, 0.3) is 0 Å². The highest BCUT2D eigenvalue weighted by molar-refractivity contribution is 6.23. The molecule has 0 N–H and O–H groups in total. The van der Waals surface area contributed by atoms with Crippen LogP contribution in [-0.2, 0) is 19.1 Å². The third kappa shape index (κ3) is 2.46. The summed E-state index contributed by atoms with van der Waals surface area (Å²) in [4.78, 5) is 36.6. The van der Waals surface area contributed by atoms with E-state index in [0.29, 0.717) is 18.3 Å². The average molecular weight is 405 g/mol. The van der Waals surface area contributed by atoms with Crippen LogP contribution in [0.1, 0.15) is 59.8 Å². The molecule has 0 aromatic rings. The van der Waals surface area contributed by atoms with Gasteiger partial charge in [0.1, 0.15) is 0 Å². The summed E-state index contributed by atoms with van der Waals surface area (Å²) in [7, 11) is 0. The molecular formula is C23H29ClO4. The molecule has 4 nitrogen and oxygen atoms in total. The summed E-state index contributed by atoms with van der Waals surface area (Å²) >= 11 is 6.81. The topological polar surface area (TPSA) is 60.4 Å². The highest BCUT2D eigenvalue weighted by Gasteiger charge is 2.68. The Labute approximate surface area is 171 Å². The molecule has 4 aliphatic rings. The second kappa shape index (κ2) is 6.29. The summed E-state index contributed by atoms with van der Waals surface area (Å²) in [5.74, 6) is 0.598. The van der Waals surface area contributed by atoms with Crippen LogP contribution in [0.2, 0.25) is 0 Å². The normalized spacial score (nSPS) is 46.9. The van der Waals surface area contributed by atoms with Crippen LogP contribution in [0.25, 0.3) is 0 Å². The number of carbonyl (C=O) groups is 3. The van der Waals surface area contributed by atoms with Crippen molar-refractivity contribution in [3.8, 4) is 0 Å². The molecule has 3 saturated carbocycles. The number of fused-ring (bicyclic) bond motifs is 5. The number of allylic oxidation sites excluding steroid dienone is 4. The molecular weight excluding hydrogens is 376 g/mol. The second-order valence-electron chi connectivity index (χ2n) is 9.67. The van der Waals surface area contributed by atoms with Crippen molar-refractivity contribution in [3.05, 3.63) is 23.8 Å². The monoisotopic (exact) mass is 404 g/mol. The number of ketones is 2. The molecule has 0 radical (unpaired) electrons. The van der Waals surface area contributed by atoms with E-state index in [9.17, 15) is 14.4 Å². The van der Waals surface area contributed by atoms with Gasteiger partial charge >= 0.3 is 5.97 Å². The summed E-state index contributed by atoms with van der Waals surface area (Å²) in [6, 6.07) is 0. The number of alkyl halides is 1. The maximum absolute atomic E-state index is 12.8. The molecule has 152 valence electrons. The predicted molar refractivity (Wildman–Crippen MR) is 107 cm³/mol. The Kier molecular flexibility index (Phi) is 4.46. The SMILES string of the molecule is CC(=O)OC1(C(C)=O)CCC2C3CC(Cl)C4=CC(=O)C=CC4(C)C3CCC21C. The van der Waals surface area contributed by atoms with Gasteiger partial charge in [-0.15, -0.1) is 11.6 Å². The minimum Gasteiger partial charge on any atom is -0.451 e. The zero-order valence-corrected chi connectivity index (χ0v) is 17.8. The Morgan fingerprint density at radius 2 is 1.82 bits per heavy atom. The third-order valence-electron chi connectivity index (χ3n) is 8.54. The summed E-state index contributed by atoms with van der Waals surface area (Å²) in [6.45, 7) is 7.30. The van der Waals surface area contributed by atoms with Gasteiger partial charge in [-0.3, -0.25) is 14.4 Å². The number of ether oxygens (including phenoxy) is 1. The lowest BCUT2D eigenvalue weighted by Gasteiger charge is -2.59. The first-order valence-corrected chi connectivity index (χ1v) is 10.8. The average Bonchev–Trinajstić information content (AvgIpc) is 2.90. The maximum Gasteiger partial charge on any atom is 0.303 e. The first-order chi connectivity index (χ1) is 13.0. The third-order valence-corrected chi connectivity index (χ3v) is 8.96. The van der Waals surface area contributed by atoms with Crippen molar-refractivity contribution in [2.24, 2.45) is 28.6 Å². The molecule has 7 atom stereocenters. The van der Waals surface area contributed by atoms with Crippen LogP contribution in [0.3, 0.4) is 0 Å². The van der Waals surface area contributed by atoms with Gasteiger partial charge in [-0.05, 0) is 74.5 Å². The Morgan fingerprint density at radius 3 is 2.46 bits per heavy atom. The fourth-order valence-corrected chi connectivity index (χ4v) is 7.77. The van der Waals surface area contributed by atoms with E-state index in [2.05, 4.69) is 19.9 Å². The molecule has 0 amide bonds. The molecule has 3 fully saturated rings. The number of hydrogen-bond donors (Lipinski definition) is 0. The molecule has 5 heteroatoms. The highest BCUT2D eigenvalue weighted by atomic mass is 35.5. The van der Waals surface area contributed by atoms with Gasteiger partial charge in [-0.2, -0.15) is 0 Å². The largest absolute Gasteiger partial charge is 0.451 e. The summed E-state index contributed by atoms with van der Waals surface area (Å²) in [5, 5.41) is -0.177. The fraction of sp³-hybridized carbons (Fsp3) is 0.696. The van der Waals surface area contributed by atoms with Crippen molar-refractivity contribution in [2.45, 2.75) is 70.8 Å². The molecule has 28 heavy (non-hydrogen) atoms. The highest BCUT2D eigenvalue weighted by Crippen LogP contribution is 2.68. The molecule has 7 unspecified atom stereocenters. The van der Waals surface area contributed by atoms with Crippen LogP contribution >= 0.6 is 11.6 Å². The molecule has 0 heterocycles. The first-order valence-electron chi connectivity index (χ1n) is 10.3. The molecule has 0 aromatic heterocycles. The Morgan fingerprint density at radius 1 is 1.14 bits per heavy atom. The molecule has 0 aliphatic heterocycles. The van der Waals surface area contributed by atoms with E-state index in [1.807, 2.05) is 0 Å². The lowest BCUT2D eigenvalue weighted by molar-refractivity contribution is -0.186. The van der Waals surface area contributed by atoms with E-state index in [-0.39, 0.29) is 39.7 Å². The van der Waals surface area contributed by atoms with Crippen molar-refractivity contribution in [3.63, 3.8) is 0 Å². The van der Waals surface area contributed by atoms with E-state index in [1.54, 1.807) is 19.1 Å². The predicted octanol–water partition coefficient (Wildman–Crippen LogP) is 4.40. The van der Waals surface area contributed by atoms with Crippen LogP contribution in [0.4, 0.5) is 0 Å². The second-order valence-corrected chi connectivity index (χ2v) is 10.2. The van der Waals surface area contributed by atoms with Gasteiger partial charge in [-0.25, -0.2) is 0 Å². The first kappa shape index (κ1) is 19.9. The number of halogens is 1. The van der Waals surface area contributed by atoms with E-state index in [0.717, 1.165) is 31.3 Å². The van der Waals surface area contributed by atoms with Crippen LogP contribution in [-0.4, -0.2) is 28.5 Å². The number of carbonyl (C=O) groups excluding carboxylic acids is 3. The molecule has 0 spiro atoms. The van der Waals surface area contributed by atoms with Crippen LogP contribution in [0.15, 0.2) is 23.8 Å². The van der Waals surface area contributed by atoms with Crippen LogP contribution in [0.5, 0.6) is 0 Å². The van der Waals surface area contributed by atoms with Crippen molar-refractivity contribution in [1.29, 1.82) is 0 Å². The summed E-state index contributed by atoms with van der Waals surface area (Å²) in [5.41, 5.74) is -0.560. The molecule has 0 bridgehead atoms. The number of hydrogen-bond acceptors (Lipinski definition) is 4. The zero-order chi connectivity index (χ0) is 20.5. The number of rotatable bonds is 2. The number of Topliss-reactive ketones (excluding diaryl/α,β-unsaturated/α-hetero) is 1. The van der Waals surface area contributed by atoms with Crippen molar-refractivity contribution in [1.82, 2.24) is 0 Å². The number of esters is 1. The molecule has 0 saturated heterocycles. The van der Waals surface area contributed by atoms with Gasteiger partial charge in [0, 0.05) is 17.8 Å². The van der Waals surface area contributed by atoms with Gasteiger partial charge < -0.3 is 4.74 Å². The van der Waals surface area contributed by atoms with Crippen LogP contribution < -0.4 is 0 Å². The molecule has 0 aromatic carbocycles. The smallest absolute Gasteiger partial charge is 0.303 e. The summed E-state index contributed by atoms with van der Waals surface area (Å²) in [6.07, 6.45) is 9.50. The zero-order valence-electron chi connectivity index (χ0n) is 17.1. The lowest BCUT2D eigenvalue weighted by atomic mass is 9.47. The standard InChI is InChI=1S/C23H29ClO4/c1-13(25)23(28-14(2)26)10-7-18-16-12-20(24)19-11-15(27)5-8-21(19,3)17(16)6-9-22(18,23)4/h5,8,11,16-18,20H,6-7,9-10,12H2,1-4H3. The van der Waals surface area contributed by atoms with E-state index in [1.165, 1.54) is 6.92 Å². The van der Waals surface area contributed by atoms with Crippen molar-refractivity contribution < 1.29 is 19.1 Å². The van der Waals surface area contributed by atoms with Gasteiger partial charge in [0.2, 0.25) is 0 Å². The van der Waals surface area contributed by atoms with Crippen LogP contribution in [0, 0.1) is 28.6 Å². The Balaban J connectivity index is 1.75. The minimum atomic E-state index is -1.02. The minimum absolute atomic E-state index is 0.0172.